The van der Waals surface area contributed by atoms with Gasteiger partial charge in [-0.1, -0.05) is 26.1 Å². The monoisotopic (exact) mass is 310 g/mol. The summed E-state index contributed by atoms with van der Waals surface area (Å²) in [7, 11) is 0. The van der Waals surface area contributed by atoms with Crippen molar-refractivity contribution in [3.05, 3.63) is 21.9 Å². The van der Waals surface area contributed by atoms with Gasteiger partial charge in [0.2, 0.25) is 0 Å². The van der Waals surface area contributed by atoms with E-state index in [0.29, 0.717) is 10.9 Å². The lowest BCUT2D eigenvalue weighted by molar-refractivity contribution is 0.0904. The lowest BCUT2D eigenvalue weighted by Crippen LogP contribution is -2.58. The molecule has 5 heteroatoms. The molecule has 1 fully saturated rings. The van der Waals surface area contributed by atoms with Gasteiger partial charge in [0, 0.05) is 0 Å². The molecule has 3 nitrogen and oxygen atoms in total. The first-order valence-electron chi connectivity index (χ1n) is 7.17. The molecule has 1 saturated carbocycles. The van der Waals surface area contributed by atoms with Gasteiger partial charge in [0.25, 0.3) is 5.91 Å². The largest absolute Gasteiger partial charge is 0.391 e. The van der Waals surface area contributed by atoms with Crippen molar-refractivity contribution in [3.8, 4) is 0 Å². The van der Waals surface area contributed by atoms with E-state index in [1.807, 2.05) is 11.4 Å². The van der Waals surface area contributed by atoms with Crippen molar-refractivity contribution in [2.75, 3.05) is 0 Å². The van der Waals surface area contributed by atoms with E-state index in [-0.39, 0.29) is 5.91 Å². The molecule has 1 heterocycles. The molecule has 0 spiro atoms. The fourth-order valence-corrected chi connectivity index (χ4v) is 3.92. The summed E-state index contributed by atoms with van der Waals surface area (Å²) >= 11 is 6.73. The summed E-state index contributed by atoms with van der Waals surface area (Å²) in [6, 6.07) is 2.01. The van der Waals surface area contributed by atoms with E-state index in [9.17, 15) is 4.79 Å². The molecular weight excluding hydrogens is 288 g/mol. The van der Waals surface area contributed by atoms with E-state index in [4.69, 9.17) is 18.0 Å². The number of amides is 1. The number of carbonyl (C=O) groups excluding carboxylic acids is 1. The zero-order chi connectivity index (χ0) is 14.8. The molecule has 0 bridgehead atoms. The molecule has 110 valence electrons. The first-order chi connectivity index (χ1) is 9.48. The minimum atomic E-state index is -0.492. The van der Waals surface area contributed by atoms with Gasteiger partial charge in [0.05, 0.1) is 15.4 Å². The van der Waals surface area contributed by atoms with Crippen LogP contribution in [0.25, 0.3) is 0 Å². The molecule has 2 rings (SSSR count). The summed E-state index contributed by atoms with van der Waals surface area (Å²) in [5, 5.41) is 5.10. The van der Waals surface area contributed by atoms with Gasteiger partial charge in [-0.15, -0.1) is 11.3 Å². The first-order valence-corrected chi connectivity index (χ1v) is 8.46. The lowest BCUT2D eigenvalue weighted by Gasteiger charge is -2.39. The number of carbonyl (C=O) groups is 1. The highest BCUT2D eigenvalue weighted by atomic mass is 32.1. The number of thiophene rings is 1. The predicted molar refractivity (Wildman–Crippen MR) is 88.3 cm³/mol. The number of nitrogens with two attached hydrogens (primary N) is 1. The molecule has 0 unspecified atom stereocenters. The molecule has 0 aliphatic heterocycles. The normalized spacial score (nSPS) is 26.2. The third kappa shape index (κ3) is 3.04. The Bertz CT molecular complexity index is 502. The number of aryl methyl sites for hydroxylation is 1. The minimum absolute atomic E-state index is 0.0285. The number of hydrogen-bond donors (Lipinski definition) is 2. The van der Waals surface area contributed by atoms with E-state index in [1.165, 1.54) is 11.3 Å². The van der Waals surface area contributed by atoms with Crippen molar-refractivity contribution in [2.45, 2.75) is 51.5 Å². The SMILES string of the molecule is CCc1ccsc1C(=O)NC1(C(N)=S)CCC(C)CC1. The number of hydrogen-bond acceptors (Lipinski definition) is 3. The van der Waals surface area contributed by atoms with Gasteiger partial charge >= 0.3 is 0 Å². The maximum atomic E-state index is 12.5. The van der Waals surface area contributed by atoms with Crippen molar-refractivity contribution in [3.63, 3.8) is 0 Å². The van der Waals surface area contributed by atoms with Gasteiger partial charge in [0.1, 0.15) is 0 Å². The fourth-order valence-electron chi connectivity index (χ4n) is 2.78. The van der Waals surface area contributed by atoms with E-state index in [0.717, 1.165) is 42.5 Å². The van der Waals surface area contributed by atoms with E-state index in [2.05, 4.69) is 19.2 Å². The van der Waals surface area contributed by atoms with E-state index >= 15 is 0 Å². The smallest absolute Gasteiger partial charge is 0.262 e. The van der Waals surface area contributed by atoms with Crippen molar-refractivity contribution in [2.24, 2.45) is 11.7 Å². The molecule has 1 aliphatic rings. The number of thiocarbonyl (C=S) groups is 1. The number of rotatable bonds is 4. The second-order valence-corrected chi connectivity index (χ2v) is 7.07. The average Bonchev–Trinajstić information content (AvgIpc) is 2.89. The zero-order valence-electron chi connectivity index (χ0n) is 12.1. The maximum absolute atomic E-state index is 12.5. The van der Waals surface area contributed by atoms with Crippen LogP contribution in [0.4, 0.5) is 0 Å². The molecule has 0 aromatic carbocycles. The molecule has 20 heavy (non-hydrogen) atoms. The quantitative estimate of drug-likeness (QED) is 0.839. The van der Waals surface area contributed by atoms with Crippen LogP contribution in [0.1, 0.15) is 54.8 Å². The Morgan fingerprint density at radius 3 is 2.75 bits per heavy atom. The van der Waals surface area contributed by atoms with Crippen molar-refractivity contribution in [1.82, 2.24) is 5.32 Å². The lowest BCUT2D eigenvalue weighted by atomic mass is 9.77. The Balaban J connectivity index is 2.17. The zero-order valence-corrected chi connectivity index (χ0v) is 13.7. The number of nitrogens with one attached hydrogen (secondary N) is 1. The van der Waals surface area contributed by atoms with E-state index < -0.39 is 5.54 Å². The van der Waals surface area contributed by atoms with Crippen LogP contribution in [0, 0.1) is 5.92 Å². The molecule has 1 aliphatic carbocycles. The van der Waals surface area contributed by atoms with Gasteiger partial charge in [-0.2, -0.15) is 0 Å². The summed E-state index contributed by atoms with van der Waals surface area (Å²) in [6.07, 6.45) is 4.68. The van der Waals surface area contributed by atoms with Crippen LogP contribution in [0.2, 0.25) is 0 Å². The average molecular weight is 310 g/mol. The fraction of sp³-hybridized carbons (Fsp3) is 0.600. The third-order valence-corrected chi connectivity index (χ3v) is 5.63. The Hall–Kier alpha value is -0.940. The molecule has 0 atom stereocenters. The highest BCUT2D eigenvalue weighted by molar-refractivity contribution is 7.80. The summed E-state index contributed by atoms with van der Waals surface area (Å²) < 4.78 is 0. The second kappa shape index (κ2) is 6.22. The molecule has 3 N–H and O–H groups in total. The summed E-state index contributed by atoms with van der Waals surface area (Å²) in [5.41, 5.74) is 6.54. The predicted octanol–water partition coefficient (Wildman–Crippen LogP) is 3.28. The van der Waals surface area contributed by atoms with Crippen molar-refractivity contribution < 1.29 is 4.79 Å². The molecule has 1 aromatic rings. The molecule has 0 radical (unpaired) electrons. The van der Waals surface area contributed by atoms with Crippen molar-refractivity contribution >= 4 is 34.5 Å². The van der Waals surface area contributed by atoms with Crippen LogP contribution in [0.5, 0.6) is 0 Å². The topological polar surface area (TPSA) is 55.1 Å². The van der Waals surface area contributed by atoms with Crippen LogP contribution in [-0.4, -0.2) is 16.4 Å². The van der Waals surface area contributed by atoms with Crippen LogP contribution >= 0.6 is 23.6 Å². The molecule has 1 amide bonds. The van der Waals surface area contributed by atoms with Gasteiger partial charge < -0.3 is 11.1 Å². The standard InChI is InChI=1S/C15H22N2OS2/c1-3-11-6-9-20-12(11)13(18)17-15(14(16)19)7-4-10(2)5-8-15/h6,9-10H,3-5,7-8H2,1-2H3,(H2,16,19)(H,17,18). The second-order valence-electron chi connectivity index (χ2n) is 5.71. The third-order valence-electron chi connectivity index (χ3n) is 4.29. The van der Waals surface area contributed by atoms with Crippen LogP contribution < -0.4 is 11.1 Å². The Morgan fingerprint density at radius 1 is 1.55 bits per heavy atom. The molecular formula is C15H22N2OS2. The first kappa shape index (κ1) is 15.4. The Labute approximate surface area is 129 Å². The Kier molecular flexibility index (Phi) is 4.81. The van der Waals surface area contributed by atoms with Crippen LogP contribution in [0.15, 0.2) is 11.4 Å². The highest BCUT2D eigenvalue weighted by Crippen LogP contribution is 2.33. The van der Waals surface area contributed by atoms with Crippen LogP contribution in [0.3, 0.4) is 0 Å². The Morgan fingerprint density at radius 2 is 2.20 bits per heavy atom. The van der Waals surface area contributed by atoms with Crippen LogP contribution in [-0.2, 0) is 6.42 Å². The highest BCUT2D eigenvalue weighted by Gasteiger charge is 2.38. The van der Waals surface area contributed by atoms with Gasteiger partial charge in [-0.25, -0.2) is 0 Å². The van der Waals surface area contributed by atoms with Crippen molar-refractivity contribution in [1.29, 1.82) is 0 Å². The summed E-state index contributed by atoms with van der Waals surface area (Å²) in [6.45, 7) is 4.30. The summed E-state index contributed by atoms with van der Waals surface area (Å²) in [4.78, 5) is 13.7. The van der Waals surface area contributed by atoms with Gasteiger partial charge in [-0.3, -0.25) is 4.79 Å². The summed E-state index contributed by atoms with van der Waals surface area (Å²) in [5.74, 6) is 0.654. The van der Waals surface area contributed by atoms with Gasteiger partial charge in [0.15, 0.2) is 0 Å². The minimum Gasteiger partial charge on any atom is -0.391 e. The van der Waals surface area contributed by atoms with Gasteiger partial charge in [-0.05, 0) is 55.0 Å². The molecule has 1 aromatic heterocycles. The maximum Gasteiger partial charge on any atom is 0.262 e. The van der Waals surface area contributed by atoms with E-state index in [1.54, 1.807) is 0 Å². The molecule has 0 saturated heterocycles.